The summed E-state index contributed by atoms with van der Waals surface area (Å²) >= 11 is 0. The van der Waals surface area contributed by atoms with Crippen LogP contribution >= 0.6 is 0 Å². The minimum Gasteiger partial charge on any atom is -0.377 e. The number of hydrogen-bond donors (Lipinski definition) is 1. The van der Waals surface area contributed by atoms with E-state index in [4.69, 9.17) is 0 Å². The highest BCUT2D eigenvalue weighted by atomic mass is 15.0. The van der Waals surface area contributed by atoms with Gasteiger partial charge in [0, 0.05) is 12.4 Å². The molecule has 0 amide bonds. The van der Waals surface area contributed by atoms with E-state index in [9.17, 15) is 0 Å². The molecule has 1 aliphatic heterocycles. The molecule has 1 aliphatic rings. The first-order chi connectivity index (χ1) is 6.97. The highest BCUT2D eigenvalue weighted by Gasteiger charge is 2.01. The third-order valence-corrected chi connectivity index (χ3v) is 1.41. The Kier molecular flexibility index (Phi) is 7.42. The second-order valence-electron chi connectivity index (χ2n) is 2.09. The largest absolute Gasteiger partial charge is 0.377 e. The van der Waals surface area contributed by atoms with Gasteiger partial charge in [-0.15, -0.1) is 0 Å². The van der Waals surface area contributed by atoms with E-state index < -0.39 is 0 Å². The Morgan fingerprint density at radius 1 is 1.21 bits per heavy atom. The summed E-state index contributed by atoms with van der Waals surface area (Å²) in [6, 6.07) is 1.89. The van der Waals surface area contributed by atoms with Crippen molar-refractivity contribution in [3.05, 3.63) is 18.5 Å². The molecule has 1 aromatic heterocycles. The molecule has 0 bridgehead atoms. The van der Waals surface area contributed by atoms with Gasteiger partial charge in [-0.25, -0.2) is 0 Å². The maximum absolute atomic E-state index is 4.17. The highest BCUT2D eigenvalue weighted by Crippen LogP contribution is 2.23. The summed E-state index contributed by atoms with van der Waals surface area (Å²) in [5.74, 6) is 0. The predicted octanol–water partition coefficient (Wildman–Crippen LogP) is 3.26. The summed E-state index contributed by atoms with van der Waals surface area (Å²) in [5, 5.41) is 3.15. The van der Waals surface area contributed by atoms with E-state index in [1.807, 2.05) is 40.0 Å². The molecule has 0 radical (unpaired) electrons. The summed E-state index contributed by atoms with van der Waals surface area (Å²) < 4.78 is 0. The summed E-state index contributed by atoms with van der Waals surface area (Å²) in [6.45, 7) is 8.80. The van der Waals surface area contributed by atoms with Crippen molar-refractivity contribution in [2.45, 2.75) is 27.7 Å². The second kappa shape index (κ2) is 8.23. The van der Waals surface area contributed by atoms with Crippen molar-refractivity contribution < 1.29 is 0 Å². The molecular formula is C11H19N3. The second-order valence-corrected chi connectivity index (χ2v) is 2.09. The average Bonchev–Trinajstić information content (AvgIpc) is 2.34. The fraction of sp³-hybridized carbons (Fsp3) is 0.455. The lowest BCUT2D eigenvalue weighted by molar-refractivity contribution is 1.25. The van der Waals surface area contributed by atoms with Gasteiger partial charge in [-0.3, -0.25) is 9.98 Å². The number of aromatic nitrogens is 1. The number of hydrogen-bond acceptors (Lipinski definition) is 3. The van der Waals surface area contributed by atoms with E-state index in [2.05, 4.69) is 15.3 Å². The Bertz CT molecular complexity index is 269. The minimum atomic E-state index is 0.804. The van der Waals surface area contributed by atoms with Crippen LogP contribution in [0.4, 0.5) is 11.4 Å². The van der Waals surface area contributed by atoms with Gasteiger partial charge in [-0.1, -0.05) is 27.7 Å². The average molecular weight is 193 g/mol. The predicted molar refractivity (Wildman–Crippen MR) is 63.6 cm³/mol. The number of nitrogens with one attached hydrogen (secondary N) is 1. The molecular weight excluding hydrogens is 174 g/mol. The van der Waals surface area contributed by atoms with Crippen molar-refractivity contribution in [1.29, 1.82) is 0 Å². The van der Waals surface area contributed by atoms with Crippen molar-refractivity contribution in [2.75, 3.05) is 11.9 Å². The standard InChI is InChI=1S/C7H7N3.2C2H6/c1-2-8-5-7-6(1)9-3-4-10-7;2*1-2/h1-3,5,10H,4H2;2*1-2H3. The maximum atomic E-state index is 4.17. The van der Waals surface area contributed by atoms with Crippen LogP contribution in [0.3, 0.4) is 0 Å². The van der Waals surface area contributed by atoms with Crippen LogP contribution in [0.2, 0.25) is 0 Å². The highest BCUT2D eigenvalue weighted by molar-refractivity contribution is 5.79. The van der Waals surface area contributed by atoms with Crippen LogP contribution in [0.25, 0.3) is 0 Å². The third-order valence-electron chi connectivity index (χ3n) is 1.41. The normalized spacial score (nSPS) is 10.9. The van der Waals surface area contributed by atoms with Crippen LogP contribution < -0.4 is 5.32 Å². The fourth-order valence-corrected chi connectivity index (χ4v) is 0.935. The first-order valence-corrected chi connectivity index (χ1v) is 5.17. The molecule has 3 heteroatoms. The molecule has 0 fully saturated rings. The van der Waals surface area contributed by atoms with E-state index in [0.717, 1.165) is 17.9 Å². The molecule has 0 saturated carbocycles. The topological polar surface area (TPSA) is 37.3 Å². The molecule has 14 heavy (non-hydrogen) atoms. The van der Waals surface area contributed by atoms with Crippen LogP contribution in [0, 0.1) is 0 Å². The Balaban J connectivity index is 0.000000379. The first kappa shape index (κ1) is 12.6. The van der Waals surface area contributed by atoms with Gasteiger partial charge in [0.15, 0.2) is 0 Å². The van der Waals surface area contributed by atoms with E-state index in [1.165, 1.54) is 0 Å². The van der Waals surface area contributed by atoms with Crippen molar-refractivity contribution >= 4 is 17.6 Å². The molecule has 78 valence electrons. The fourth-order valence-electron chi connectivity index (χ4n) is 0.935. The molecule has 0 unspecified atom stereocenters. The lowest BCUT2D eigenvalue weighted by Gasteiger charge is -2.09. The van der Waals surface area contributed by atoms with Crippen LogP contribution in [-0.2, 0) is 0 Å². The number of rotatable bonds is 0. The van der Waals surface area contributed by atoms with E-state index in [-0.39, 0.29) is 0 Å². The van der Waals surface area contributed by atoms with Crippen LogP contribution in [0.5, 0.6) is 0 Å². The Morgan fingerprint density at radius 3 is 2.57 bits per heavy atom. The molecule has 0 aliphatic carbocycles. The Hall–Kier alpha value is -1.38. The zero-order valence-corrected chi connectivity index (χ0v) is 9.41. The number of pyridine rings is 1. The molecule has 0 aromatic carbocycles. The monoisotopic (exact) mass is 193 g/mol. The lowest BCUT2D eigenvalue weighted by Crippen LogP contribution is -2.06. The number of aliphatic imine (C=N–C) groups is 1. The third kappa shape index (κ3) is 3.56. The van der Waals surface area contributed by atoms with Crippen molar-refractivity contribution in [2.24, 2.45) is 4.99 Å². The molecule has 1 N–H and O–H groups in total. The Morgan fingerprint density at radius 2 is 1.93 bits per heavy atom. The van der Waals surface area contributed by atoms with Gasteiger partial charge in [0.05, 0.1) is 24.1 Å². The summed E-state index contributed by atoms with van der Waals surface area (Å²) in [6.07, 6.45) is 5.37. The smallest absolute Gasteiger partial charge is 0.0889 e. The van der Waals surface area contributed by atoms with Gasteiger partial charge in [-0.05, 0) is 6.07 Å². The lowest BCUT2D eigenvalue weighted by atomic mass is 10.3. The van der Waals surface area contributed by atoms with Gasteiger partial charge in [0.2, 0.25) is 0 Å². The Labute approximate surface area is 86.3 Å². The minimum absolute atomic E-state index is 0.804. The molecule has 0 spiro atoms. The summed E-state index contributed by atoms with van der Waals surface area (Å²) in [7, 11) is 0. The number of fused-ring (bicyclic) bond motifs is 1. The van der Waals surface area contributed by atoms with Crippen molar-refractivity contribution in [3.63, 3.8) is 0 Å². The molecule has 3 nitrogen and oxygen atoms in total. The molecule has 1 aromatic rings. The number of anilines is 1. The zero-order valence-electron chi connectivity index (χ0n) is 9.41. The van der Waals surface area contributed by atoms with Crippen LogP contribution in [0.15, 0.2) is 23.5 Å². The van der Waals surface area contributed by atoms with Gasteiger partial charge in [0.25, 0.3) is 0 Å². The molecule has 0 saturated heterocycles. The first-order valence-electron chi connectivity index (χ1n) is 5.17. The zero-order chi connectivity index (χ0) is 10.8. The summed E-state index contributed by atoms with van der Waals surface area (Å²) in [4.78, 5) is 8.13. The van der Waals surface area contributed by atoms with Crippen molar-refractivity contribution in [3.8, 4) is 0 Å². The maximum Gasteiger partial charge on any atom is 0.0889 e. The van der Waals surface area contributed by atoms with Gasteiger partial charge < -0.3 is 5.32 Å². The van der Waals surface area contributed by atoms with E-state index >= 15 is 0 Å². The number of nitrogens with zero attached hydrogens (tertiary/aromatic N) is 2. The van der Waals surface area contributed by atoms with Gasteiger partial charge in [0.1, 0.15) is 0 Å². The summed E-state index contributed by atoms with van der Waals surface area (Å²) in [5.41, 5.74) is 1.99. The van der Waals surface area contributed by atoms with Crippen LogP contribution in [0.1, 0.15) is 27.7 Å². The van der Waals surface area contributed by atoms with E-state index in [1.54, 1.807) is 12.4 Å². The SMILES string of the molecule is C1=Nc2ccncc2NC1.CC.CC. The quantitative estimate of drug-likeness (QED) is 0.686. The van der Waals surface area contributed by atoms with Gasteiger partial charge >= 0.3 is 0 Å². The molecule has 0 atom stereocenters. The molecule has 2 heterocycles. The van der Waals surface area contributed by atoms with Crippen LogP contribution in [-0.4, -0.2) is 17.7 Å². The van der Waals surface area contributed by atoms with Gasteiger partial charge in [-0.2, -0.15) is 0 Å². The van der Waals surface area contributed by atoms with Crippen molar-refractivity contribution in [1.82, 2.24) is 4.98 Å². The van der Waals surface area contributed by atoms with E-state index in [0.29, 0.717) is 0 Å². The molecule has 2 rings (SSSR count).